The molecule has 1 heterocycles. The summed E-state index contributed by atoms with van der Waals surface area (Å²) < 4.78 is 13.9. The SMILES string of the molecule is CCCCCCN1C(=O)C(=O)/C(=C(\O)c2ccc(C)cc2)C1c1cccc(F)c1. The number of aryl methyl sites for hydroxylation is 1. The number of aliphatic hydroxyl groups excluding tert-OH is 1. The van der Waals surface area contributed by atoms with E-state index in [1.165, 1.54) is 17.0 Å². The van der Waals surface area contributed by atoms with Gasteiger partial charge in [0.15, 0.2) is 0 Å². The lowest BCUT2D eigenvalue weighted by molar-refractivity contribution is -0.139. The number of likely N-dealkylation sites (tertiary alicyclic amines) is 1. The van der Waals surface area contributed by atoms with Crippen molar-refractivity contribution in [1.82, 2.24) is 4.90 Å². The highest BCUT2D eigenvalue weighted by molar-refractivity contribution is 6.46. The zero-order chi connectivity index (χ0) is 21.0. The van der Waals surface area contributed by atoms with Gasteiger partial charge in [-0.25, -0.2) is 4.39 Å². The third-order valence-electron chi connectivity index (χ3n) is 5.28. The Kier molecular flexibility index (Phi) is 6.47. The fourth-order valence-electron chi connectivity index (χ4n) is 3.71. The number of unbranched alkanes of at least 4 members (excludes halogenated alkanes) is 3. The Hall–Kier alpha value is -2.95. The third kappa shape index (κ3) is 4.39. The second-order valence-corrected chi connectivity index (χ2v) is 7.47. The van der Waals surface area contributed by atoms with Gasteiger partial charge in [-0.05, 0) is 31.0 Å². The average Bonchev–Trinajstić information content (AvgIpc) is 2.96. The Bertz CT molecular complexity index is 933. The number of Topliss-reactive ketones (excluding diaryl/α,β-unsaturated/α-hetero) is 1. The molecule has 0 saturated carbocycles. The summed E-state index contributed by atoms with van der Waals surface area (Å²) in [5.41, 5.74) is 1.97. The third-order valence-corrected chi connectivity index (χ3v) is 5.28. The minimum Gasteiger partial charge on any atom is -0.507 e. The minimum atomic E-state index is -0.798. The van der Waals surface area contributed by atoms with E-state index in [-0.39, 0.29) is 11.3 Å². The zero-order valence-corrected chi connectivity index (χ0v) is 16.8. The topological polar surface area (TPSA) is 57.6 Å². The maximum Gasteiger partial charge on any atom is 0.295 e. The van der Waals surface area contributed by atoms with Crippen LogP contribution in [0, 0.1) is 12.7 Å². The Morgan fingerprint density at radius 1 is 1.07 bits per heavy atom. The fourth-order valence-corrected chi connectivity index (χ4v) is 3.71. The van der Waals surface area contributed by atoms with Crippen LogP contribution < -0.4 is 0 Å². The number of rotatable bonds is 7. The molecule has 1 aliphatic heterocycles. The van der Waals surface area contributed by atoms with E-state index in [0.717, 1.165) is 31.2 Å². The van der Waals surface area contributed by atoms with Gasteiger partial charge in [-0.1, -0.05) is 68.1 Å². The van der Waals surface area contributed by atoms with Gasteiger partial charge in [0.25, 0.3) is 11.7 Å². The molecule has 0 radical (unpaired) electrons. The maximum absolute atomic E-state index is 13.9. The molecule has 1 atom stereocenters. The van der Waals surface area contributed by atoms with Gasteiger partial charge in [0.2, 0.25) is 0 Å². The van der Waals surface area contributed by atoms with E-state index in [2.05, 4.69) is 6.92 Å². The monoisotopic (exact) mass is 395 g/mol. The normalized spacial score (nSPS) is 18.4. The molecule has 0 bridgehead atoms. The standard InChI is InChI=1S/C24H26FNO3/c1-3-4-5-6-14-26-21(18-8-7-9-19(25)15-18)20(23(28)24(26)29)22(27)17-12-10-16(2)11-13-17/h7-13,15,21,27H,3-6,14H2,1-2H3/b22-20-. The highest BCUT2D eigenvalue weighted by atomic mass is 19.1. The molecule has 1 fully saturated rings. The van der Waals surface area contributed by atoms with Crippen LogP contribution in [0.25, 0.3) is 5.76 Å². The van der Waals surface area contributed by atoms with Crippen LogP contribution in [0.1, 0.15) is 55.3 Å². The number of carbonyl (C=O) groups excluding carboxylic acids is 2. The summed E-state index contributed by atoms with van der Waals surface area (Å²) in [6, 6.07) is 12.1. The maximum atomic E-state index is 13.9. The largest absolute Gasteiger partial charge is 0.507 e. The molecule has 0 aromatic heterocycles. The molecule has 2 aromatic rings. The van der Waals surface area contributed by atoms with E-state index in [0.29, 0.717) is 17.7 Å². The van der Waals surface area contributed by atoms with Crippen molar-refractivity contribution in [3.8, 4) is 0 Å². The number of halogens is 1. The average molecular weight is 395 g/mol. The van der Waals surface area contributed by atoms with Crippen molar-refractivity contribution >= 4 is 17.4 Å². The predicted octanol–water partition coefficient (Wildman–Crippen LogP) is 5.14. The molecule has 4 nitrogen and oxygen atoms in total. The van der Waals surface area contributed by atoms with Crippen LogP contribution in [0.2, 0.25) is 0 Å². The lowest BCUT2D eigenvalue weighted by Gasteiger charge is -2.25. The van der Waals surface area contributed by atoms with Crippen LogP contribution in [0.4, 0.5) is 4.39 Å². The number of ketones is 1. The van der Waals surface area contributed by atoms with Crippen molar-refractivity contribution in [3.63, 3.8) is 0 Å². The molecule has 1 unspecified atom stereocenters. The second-order valence-electron chi connectivity index (χ2n) is 7.47. The van der Waals surface area contributed by atoms with Crippen molar-refractivity contribution < 1.29 is 19.1 Å². The molecular formula is C24H26FNO3. The Morgan fingerprint density at radius 2 is 1.79 bits per heavy atom. The molecular weight excluding hydrogens is 369 g/mol. The molecule has 0 spiro atoms. The summed E-state index contributed by atoms with van der Waals surface area (Å²) in [6.07, 6.45) is 3.78. The molecule has 3 rings (SSSR count). The molecule has 152 valence electrons. The molecule has 1 saturated heterocycles. The molecule has 1 N–H and O–H groups in total. The summed E-state index contributed by atoms with van der Waals surface area (Å²) >= 11 is 0. The van der Waals surface area contributed by atoms with Crippen LogP contribution in [0.5, 0.6) is 0 Å². The second kappa shape index (κ2) is 9.03. The van der Waals surface area contributed by atoms with E-state index in [9.17, 15) is 19.1 Å². The number of aliphatic hydroxyl groups is 1. The van der Waals surface area contributed by atoms with Crippen molar-refractivity contribution in [1.29, 1.82) is 0 Å². The van der Waals surface area contributed by atoms with Gasteiger partial charge < -0.3 is 10.0 Å². The molecule has 5 heteroatoms. The van der Waals surface area contributed by atoms with Crippen LogP contribution in [0.3, 0.4) is 0 Å². The van der Waals surface area contributed by atoms with Gasteiger partial charge in [-0.3, -0.25) is 9.59 Å². The molecule has 0 aliphatic carbocycles. The van der Waals surface area contributed by atoms with E-state index in [1.54, 1.807) is 24.3 Å². The smallest absolute Gasteiger partial charge is 0.295 e. The van der Waals surface area contributed by atoms with Crippen molar-refractivity contribution in [2.24, 2.45) is 0 Å². The highest BCUT2D eigenvalue weighted by Gasteiger charge is 2.45. The lowest BCUT2D eigenvalue weighted by atomic mass is 9.95. The first-order valence-electron chi connectivity index (χ1n) is 10.0. The van der Waals surface area contributed by atoms with Gasteiger partial charge in [-0.2, -0.15) is 0 Å². The number of nitrogens with zero attached hydrogens (tertiary/aromatic N) is 1. The van der Waals surface area contributed by atoms with Crippen LogP contribution in [-0.2, 0) is 9.59 Å². The number of amides is 1. The Balaban J connectivity index is 2.07. The molecule has 29 heavy (non-hydrogen) atoms. The number of hydrogen-bond donors (Lipinski definition) is 1. The van der Waals surface area contributed by atoms with Crippen LogP contribution in [0.15, 0.2) is 54.1 Å². The minimum absolute atomic E-state index is 0.0138. The summed E-state index contributed by atoms with van der Waals surface area (Å²) in [4.78, 5) is 27.1. The van der Waals surface area contributed by atoms with Crippen LogP contribution in [-0.4, -0.2) is 28.2 Å². The van der Waals surface area contributed by atoms with Crippen molar-refractivity contribution in [3.05, 3.63) is 76.6 Å². The summed E-state index contributed by atoms with van der Waals surface area (Å²) in [5.74, 6) is -2.06. The highest BCUT2D eigenvalue weighted by Crippen LogP contribution is 2.39. The molecule has 1 aliphatic rings. The van der Waals surface area contributed by atoms with E-state index in [1.807, 2.05) is 19.1 Å². The van der Waals surface area contributed by atoms with E-state index in [4.69, 9.17) is 0 Å². The molecule has 1 amide bonds. The first-order chi connectivity index (χ1) is 13.9. The van der Waals surface area contributed by atoms with E-state index >= 15 is 0 Å². The number of hydrogen-bond acceptors (Lipinski definition) is 3. The molecule has 2 aromatic carbocycles. The van der Waals surface area contributed by atoms with Crippen molar-refractivity contribution in [2.75, 3.05) is 6.54 Å². The fraction of sp³-hybridized carbons (Fsp3) is 0.333. The lowest BCUT2D eigenvalue weighted by Crippen LogP contribution is -2.30. The first kappa shape index (κ1) is 20.8. The Morgan fingerprint density at radius 3 is 2.45 bits per heavy atom. The van der Waals surface area contributed by atoms with Gasteiger partial charge in [0, 0.05) is 12.1 Å². The van der Waals surface area contributed by atoms with Crippen molar-refractivity contribution in [2.45, 2.75) is 45.6 Å². The summed E-state index contributed by atoms with van der Waals surface area (Å²) in [7, 11) is 0. The zero-order valence-electron chi connectivity index (χ0n) is 16.8. The predicted molar refractivity (Wildman–Crippen MR) is 111 cm³/mol. The first-order valence-corrected chi connectivity index (χ1v) is 10.0. The van der Waals surface area contributed by atoms with E-state index < -0.39 is 23.5 Å². The van der Waals surface area contributed by atoms with Gasteiger partial charge in [0.1, 0.15) is 11.6 Å². The number of carbonyl (C=O) groups is 2. The quantitative estimate of drug-likeness (QED) is 0.306. The number of benzene rings is 2. The van der Waals surface area contributed by atoms with Gasteiger partial charge in [-0.15, -0.1) is 0 Å². The summed E-state index contributed by atoms with van der Waals surface area (Å²) in [6.45, 7) is 4.41. The summed E-state index contributed by atoms with van der Waals surface area (Å²) in [5, 5.41) is 10.9. The van der Waals surface area contributed by atoms with Gasteiger partial charge in [0.05, 0.1) is 11.6 Å². The van der Waals surface area contributed by atoms with Gasteiger partial charge >= 0.3 is 0 Å². The Labute approximate surface area is 170 Å². The van der Waals surface area contributed by atoms with Crippen LogP contribution >= 0.6 is 0 Å².